The number of likely N-dealkylation sites (tertiary alicyclic amines) is 1. The van der Waals surface area contributed by atoms with Gasteiger partial charge in [-0.3, -0.25) is 9.59 Å². The first kappa shape index (κ1) is 24.3. The van der Waals surface area contributed by atoms with Gasteiger partial charge in [-0.15, -0.1) is 0 Å². The predicted molar refractivity (Wildman–Crippen MR) is 133 cm³/mol. The summed E-state index contributed by atoms with van der Waals surface area (Å²) in [5.74, 6) is -0.0809. The number of carbonyl (C=O) groups is 2. The van der Waals surface area contributed by atoms with Gasteiger partial charge in [0.15, 0.2) is 0 Å². The summed E-state index contributed by atoms with van der Waals surface area (Å²) in [7, 11) is 3.09. The fourth-order valence-corrected chi connectivity index (χ4v) is 4.52. The zero-order valence-electron chi connectivity index (χ0n) is 20.1. The Bertz CT molecular complexity index is 1210. The van der Waals surface area contributed by atoms with Crippen molar-refractivity contribution in [3.63, 3.8) is 0 Å². The van der Waals surface area contributed by atoms with Crippen molar-refractivity contribution in [3.8, 4) is 11.5 Å². The average Bonchev–Trinajstić information content (AvgIpc) is 2.90. The second-order valence-electron chi connectivity index (χ2n) is 8.77. The Kier molecular flexibility index (Phi) is 7.34. The van der Waals surface area contributed by atoms with Crippen LogP contribution in [0.5, 0.6) is 11.5 Å². The van der Waals surface area contributed by atoms with Crippen LogP contribution in [0, 0.1) is 18.7 Å². The fraction of sp³-hybridized carbons (Fsp3) is 0.286. The molecule has 1 heterocycles. The molecule has 3 aromatic rings. The van der Waals surface area contributed by atoms with Gasteiger partial charge in [0, 0.05) is 30.6 Å². The van der Waals surface area contributed by atoms with Gasteiger partial charge in [0.05, 0.1) is 25.8 Å². The van der Waals surface area contributed by atoms with Crippen LogP contribution in [0.2, 0.25) is 0 Å². The van der Waals surface area contributed by atoms with Crippen LogP contribution in [-0.2, 0) is 4.79 Å². The summed E-state index contributed by atoms with van der Waals surface area (Å²) >= 11 is 0. The number of hydrogen-bond acceptors (Lipinski definition) is 4. The second kappa shape index (κ2) is 10.6. The van der Waals surface area contributed by atoms with Crippen LogP contribution < -0.4 is 14.8 Å². The highest BCUT2D eigenvalue weighted by molar-refractivity contribution is 5.97. The number of nitrogens with zero attached hydrogens (tertiary/aromatic N) is 1. The zero-order valence-corrected chi connectivity index (χ0v) is 20.1. The molecule has 1 saturated heterocycles. The molecule has 2 atom stereocenters. The number of methoxy groups -OCH3 is 2. The van der Waals surface area contributed by atoms with Crippen LogP contribution in [0.25, 0.3) is 0 Å². The third-order valence-electron chi connectivity index (χ3n) is 6.45. The molecule has 1 N–H and O–H groups in total. The smallest absolute Gasteiger partial charge is 0.253 e. The Morgan fingerprint density at radius 3 is 2.43 bits per heavy atom. The molecule has 1 aliphatic heterocycles. The van der Waals surface area contributed by atoms with E-state index in [0.717, 1.165) is 5.56 Å². The summed E-state index contributed by atoms with van der Waals surface area (Å²) in [5.41, 5.74) is 2.55. The Labute approximate surface area is 204 Å². The van der Waals surface area contributed by atoms with Crippen LogP contribution in [0.4, 0.5) is 10.1 Å². The minimum atomic E-state index is -0.460. The molecule has 35 heavy (non-hydrogen) atoms. The van der Waals surface area contributed by atoms with E-state index in [-0.39, 0.29) is 30.1 Å². The monoisotopic (exact) mass is 476 g/mol. The molecule has 2 amide bonds. The lowest BCUT2D eigenvalue weighted by Gasteiger charge is -2.37. The van der Waals surface area contributed by atoms with E-state index >= 15 is 0 Å². The van der Waals surface area contributed by atoms with Crippen molar-refractivity contribution >= 4 is 17.5 Å². The highest BCUT2D eigenvalue weighted by Gasteiger charge is 2.35. The van der Waals surface area contributed by atoms with Crippen molar-refractivity contribution in [2.45, 2.75) is 19.3 Å². The van der Waals surface area contributed by atoms with Gasteiger partial charge in [-0.1, -0.05) is 30.3 Å². The minimum absolute atomic E-state index is 0.107. The first-order chi connectivity index (χ1) is 16.9. The molecule has 0 radical (unpaired) electrons. The Morgan fingerprint density at radius 1 is 0.971 bits per heavy atom. The van der Waals surface area contributed by atoms with E-state index in [1.54, 1.807) is 61.4 Å². The zero-order chi connectivity index (χ0) is 24.9. The van der Waals surface area contributed by atoms with Gasteiger partial charge < -0.3 is 19.7 Å². The van der Waals surface area contributed by atoms with Crippen LogP contribution >= 0.6 is 0 Å². The summed E-state index contributed by atoms with van der Waals surface area (Å²) in [6.45, 7) is 2.46. The summed E-state index contributed by atoms with van der Waals surface area (Å²) in [4.78, 5) is 28.4. The SMILES string of the molecule is COc1ccc(NC(=O)C2CC(c3ccc(F)c(C)c3)CN(C(=O)c3ccccc3)C2)c(OC)c1. The van der Waals surface area contributed by atoms with Gasteiger partial charge in [-0.05, 0) is 54.8 Å². The summed E-state index contributed by atoms with van der Waals surface area (Å²) < 4.78 is 24.6. The van der Waals surface area contributed by atoms with Gasteiger partial charge in [-0.25, -0.2) is 4.39 Å². The topological polar surface area (TPSA) is 67.9 Å². The van der Waals surface area contributed by atoms with E-state index in [0.29, 0.717) is 41.3 Å². The highest BCUT2D eigenvalue weighted by atomic mass is 19.1. The Morgan fingerprint density at radius 2 is 1.74 bits per heavy atom. The fourth-order valence-electron chi connectivity index (χ4n) is 4.52. The first-order valence-electron chi connectivity index (χ1n) is 11.5. The van der Waals surface area contributed by atoms with Gasteiger partial charge in [0.1, 0.15) is 17.3 Å². The number of piperidine rings is 1. The van der Waals surface area contributed by atoms with Crippen LogP contribution in [0.3, 0.4) is 0 Å². The van der Waals surface area contributed by atoms with Gasteiger partial charge in [0.25, 0.3) is 5.91 Å². The summed E-state index contributed by atoms with van der Waals surface area (Å²) in [5, 5.41) is 2.96. The number of rotatable bonds is 6. The average molecular weight is 477 g/mol. The lowest BCUT2D eigenvalue weighted by molar-refractivity contribution is -0.121. The Balaban J connectivity index is 1.61. The molecule has 4 rings (SSSR count). The number of amides is 2. The maximum absolute atomic E-state index is 13.9. The number of hydrogen-bond donors (Lipinski definition) is 1. The van der Waals surface area contributed by atoms with Crippen molar-refractivity contribution in [3.05, 3.63) is 89.2 Å². The summed E-state index contributed by atoms with van der Waals surface area (Å²) in [6.07, 6.45) is 0.536. The largest absolute Gasteiger partial charge is 0.497 e. The molecule has 1 aliphatic rings. The maximum atomic E-state index is 13.9. The van der Waals surface area contributed by atoms with E-state index in [9.17, 15) is 14.0 Å². The summed E-state index contributed by atoms with van der Waals surface area (Å²) in [6, 6.07) is 19.2. The lowest BCUT2D eigenvalue weighted by atomic mass is 9.83. The van der Waals surface area contributed by atoms with Crippen molar-refractivity contribution in [1.29, 1.82) is 0 Å². The van der Waals surface area contributed by atoms with Crippen LogP contribution in [0.1, 0.15) is 33.8 Å². The molecule has 0 aliphatic carbocycles. The number of carbonyl (C=O) groups excluding carboxylic acids is 2. The molecule has 2 unspecified atom stereocenters. The maximum Gasteiger partial charge on any atom is 0.253 e. The number of halogens is 1. The van der Waals surface area contributed by atoms with Gasteiger partial charge >= 0.3 is 0 Å². The molecule has 7 heteroatoms. The lowest BCUT2D eigenvalue weighted by Crippen LogP contribution is -2.46. The van der Waals surface area contributed by atoms with Gasteiger partial charge in [0.2, 0.25) is 5.91 Å². The molecular weight excluding hydrogens is 447 g/mol. The normalized spacial score (nSPS) is 17.5. The quantitative estimate of drug-likeness (QED) is 0.542. The van der Waals surface area contributed by atoms with Crippen LogP contribution in [0.15, 0.2) is 66.7 Å². The molecule has 0 spiro atoms. The standard InChI is InChI=1S/C28H29FN2O4/c1-18-13-20(9-11-24(18)29)21-14-22(17-31(16-21)28(33)19-7-5-4-6-8-19)27(32)30-25-12-10-23(34-2)15-26(25)35-3/h4-13,15,21-22H,14,16-17H2,1-3H3,(H,30,32). The molecule has 1 fully saturated rings. The van der Waals surface area contributed by atoms with E-state index in [1.165, 1.54) is 13.2 Å². The molecule has 0 aromatic heterocycles. The van der Waals surface area contributed by atoms with Crippen molar-refractivity contribution in [2.24, 2.45) is 5.92 Å². The molecule has 0 bridgehead atoms. The minimum Gasteiger partial charge on any atom is -0.497 e. The number of ether oxygens (including phenoxy) is 2. The van der Waals surface area contributed by atoms with E-state index in [2.05, 4.69) is 5.32 Å². The van der Waals surface area contributed by atoms with Crippen molar-refractivity contribution in [1.82, 2.24) is 4.90 Å². The predicted octanol–water partition coefficient (Wildman–Crippen LogP) is 5.04. The number of nitrogens with one attached hydrogen (secondary N) is 1. The van der Waals surface area contributed by atoms with E-state index in [4.69, 9.17) is 9.47 Å². The third-order valence-corrected chi connectivity index (χ3v) is 6.45. The van der Waals surface area contributed by atoms with E-state index < -0.39 is 5.92 Å². The Hall–Kier alpha value is -3.87. The third kappa shape index (κ3) is 5.45. The first-order valence-corrected chi connectivity index (χ1v) is 11.5. The van der Waals surface area contributed by atoms with E-state index in [1.807, 2.05) is 18.2 Å². The highest BCUT2D eigenvalue weighted by Crippen LogP contribution is 2.34. The number of aryl methyl sites for hydroxylation is 1. The number of benzene rings is 3. The van der Waals surface area contributed by atoms with Gasteiger partial charge in [-0.2, -0.15) is 0 Å². The van der Waals surface area contributed by atoms with Crippen molar-refractivity contribution < 1.29 is 23.5 Å². The van der Waals surface area contributed by atoms with Crippen molar-refractivity contribution in [2.75, 3.05) is 32.6 Å². The molecule has 6 nitrogen and oxygen atoms in total. The second-order valence-corrected chi connectivity index (χ2v) is 8.77. The molecule has 0 saturated carbocycles. The van der Waals surface area contributed by atoms with Crippen LogP contribution in [-0.4, -0.2) is 44.0 Å². The molecule has 3 aromatic carbocycles. The molecular formula is C28H29FN2O4. The number of anilines is 1. The molecule has 182 valence electrons.